The largest absolute Gasteiger partial charge is 0.348 e. The van der Waals surface area contributed by atoms with Gasteiger partial charge in [0.25, 0.3) is 0 Å². The Morgan fingerprint density at radius 2 is 2.00 bits per heavy atom. The molecule has 0 radical (unpaired) electrons. The van der Waals surface area contributed by atoms with E-state index in [0.717, 1.165) is 47.9 Å². The summed E-state index contributed by atoms with van der Waals surface area (Å²) in [6.45, 7) is 4.52. The van der Waals surface area contributed by atoms with Gasteiger partial charge in [-0.3, -0.25) is 0 Å². The summed E-state index contributed by atoms with van der Waals surface area (Å²) in [4.78, 5) is 7.16. The summed E-state index contributed by atoms with van der Waals surface area (Å²) >= 11 is 1.69. The Labute approximate surface area is 127 Å². The van der Waals surface area contributed by atoms with Crippen molar-refractivity contribution >= 4 is 16.5 Å². The fourth-order valence-electron chi connectivity index (χ4n) is 3.37. The van der Waals surface area contributed by atoms with Crippen LogP contribution in [0.5, 0.6) is 0 Å². The fraction of sp³-hybridized carbons (Fsp3) is 0.438. The van der Waals surface area contributed by atoms with E-state index in [2.05, 4.69) is 15.6 Å². The molecule has 0 amide bonds. The van der Waals surface area contributed by atoms with Crippen LogP contribution in [0.2, 0.25) is 0 Å². The molecular formula is C16H18FN3S. The number of aromatic nitrogens is 1. The van der Waals surface area contributed by atoms with Gasteiger partial charge >= 0.3 is 0 Å². The Hall–Kier alpha value is -1.46. The van der Waals surface area contributed by atoms with Crippen LogP contribution in [-0.4, -0.2) is 31.2 Å². The maximum absolute atomic E-state index is 13.0. The number of fused-ring (bicyclic) bond motifs is 1. The number of halogens is 1. The maximum Gasteiger partial charge on any atom is 0.185 e. The molecule has 2 atom stereocenters. The molecule has 4 rings (SSSR count). The predicted octanol–water partition coefficient (Wildman–Crippen LogP) is 2.99. The van der Waals surface area contributed by atoms with Crippen molar-refractivity contribution in [2.75, 3.05) is 31.1 Å². The van der Waals surface area contributed by atoms with E-state index in [1.807, 2.05) is 0 Å². The second-order valence-electron chi connectivity index (χ2n) is 5.94. The van der Waals surface area contributed by atoms with Gasteiger partial charge in [0, 0.05) is 24.0 Å². The van der Waals surface area contributed by atoms with E-state index >= 15 is 0 Å². The zero-order valence-corrected chi connectivity index (χ0v) is 12.6. The van der Waals surface area contributed by atoms with Crippen molar-refractivity contribution in [2.24, 2.45) is 11.8 Å². The monoisotopic (exact) mass is 303 g/mol. The molecule has 3 heterocycles. The van der Waals surface area contributed by atoms with E-state index in [-0.39, 0.29) is 5.82 Å². The third-order valence-corrected chi connectivity index (χ3v) is 5.51. The first-order chi connectivity index (χ1) is 10.3. The van der Waals surface area contributed by atoms with Crippen molar-refractivity contribution in [3.8, 4) is 11.3 Å². The van der Waals surface area contributed by atoms with Gasteiger partial charge in [0.15, 0.2) is 5.13 Å². The number of benzene rings is 1. The van der Waals surface area contributed by atoms with E-state index in [1.54, 1.807) is 23.5 Å². The highest BCUT2D eigenvalue weighted by molar-refractivity contribution is 7.14. The van der Waals surface area contributed by atoms with Crippen molar-refractivity contribution < 1.29 is 4.39 Å². The summed E-state index contributed by atoms with van der Waals surface area (Å²) < 4.78 is 13.0. The summed E-state index contributed by atoms with van der Waals surface area (Å²) in [5.74, 6) is 1.40. The van der Waals surface area contributed by atoms with E-state index < -0.39 is 0 Å². The molecule has 0 bridgehead atoms. The van der Waals surface area contributed by atoms with E-state index in [0.29, 0.717) is 0 Å². The van der Waals surface area contributed by atoms with Gasteiger partial charge in [0.1, 0.15) is 5.82 Å². The van der Waals surface area contributed by atoms with Gasteiger partial charge in [0.05, 0.1) is 5.69 Å². The van der Waals surface area contributed by atoms with Gasteiger partial charge in [-0.15, -0.1) is 11.3 Å². The molecule has 21 heavy (non-hydrogen) atoms. The van der Waals surface area contributed by atoms with Gasteiger partial charge in [-0.2, -0.15) is 0 Å². The first-order valence-electron chi connectivity index (χ1n) is 7.47. The minimum absolute atomic E-state index is 0.204. The Bertz CT molecular complexity index is 625. The highest BCUT2D eigenvalue weighted by atomic mass is 32.1. The molecule has 2 aliphatic heterocycles. The van der Waals surface area contributed by atoms with Crippen LogP contribution < -0.4 is 10.2 Å². The summed E-state index contributed by atoms with van der Waals surface area (Å²) in [6, 6.07) is 6.57. The second-order valence-corrected chi connectivity index (χ2v) is 6.77. The van der Waals surface area contributed by atoms with Gasteiger partial charge in [-0.25, -0.2) is 9.37 Å². The highest BCUT2D eigenvalue weighted by Gasteiger charge is 2.33. The molecule has 2 aromatic rings. The molecule has 1 aromatic carbocycles. The average Bonchev–Trinajstić information content (AvgIpc) is 3.16. The molecule has 5 heteroatoms. The maximum atomic E-state index is 13.0. The summed E-state index contributed by atoms with van der Waals surface area (Å²) in [6.07, 6.45) is 1.25. The first kappa shape index (κ1) is 13.2. The Morgan fingerprint density at radius 3 is 2.86 bits per heavy atom. The number of piperidine rings is 1. The lowest BCUT2D eigenvalue weighted by molar-refractivity contribution is 0.349. The van der Waals surface area contributed by atoms with Crippen LogP contribution in [0.4, 0.5) is 9.52 Å². The van der Waals surface area contributed by atoms with Crippen LogP contribution in [0, 0.1) is 17.7 Å². The number of nitrogens with zero attached hydrogens (tertiary/aromatic N) is 2. The van der Waals surface area contributed by atoms with Crippen molar-refractivity contribution in [1.29, 1.82) is 0 Å². The van der Waals surface area contributed by atoms with E-state index in [9.17, 15) is 4.39 Å². The predicted molar refractivity (Wildman–Crippen MR) is 84.2 cm³/mol. The molecular weight excluding hydrogens is 285 g/mol. The lowest BCUT2D eigenvalue weighted by Crippen LogP contribution is -2.39. The van der Waals surface area contributed by atoms with Crippen LogP contribution in [0.1, 0.15) is 6.42 Å². The molecule has 3 nitrogen and oxygen atoms in total. The molecule has 1 aromatic heterocycles. The first-order valence-corrected chi connectivity index (χ1v) is 8.35. The Morgan fingerprint density at radius 1 is 1.19 bits per heavy atom. The van der Waals surface area contributed by atoms with Gasteiger partial charge < -0.3 is 10.2 Å². The van der Waals surface area contributed by atoms with E-state index in [1.165, 1.54) is 25.1 Å². The van der Waals surface area contributed by atoms with Crippen LogP contribution in [-0.2, 0) is 0 Å². The molecule has 0 spiro atoms. The average molecular weight is 303 g/mol. The third kappa shape index (κ3) is 2.56. The SMILES string of the molecule is Fc1ccc(-c2csc(N3CC[C@@H]4CNC[C@@H]4C3)n2)cc1. The fourth-order valence-corrected chi connectivity index (χ4v) is 4.24. The zero-order chi connectivity index (χ0) is 14.2. The van der Waals surface area contributed by atoms with Gasteiger partial charge in [0.2, 0.25) is 0 Å². The van der Waals surface area contributed by atoms with Gasteiger partial charge in [-0.1, -0.05) is 0 Å². The lowest BCUT2D eigenvalue weighted by Gasteiger charge is -2.34. The van der Waals surface area contributed by atoms with E-state index in [4.69, 9.17) is 4.98 Å². The zero-order valence-electron chi connectivity index (χ0n) is 11.8. The molecule has 2 fully saturated rings. The standard InChI is InChI=1S/C16H18FN3S/c17-14-3-1-11(2-4-14)15-10-21-16(19-15)20-6-5-12-7-18-8-13(12)9-20/h1-4,10,12-13,18H,5-9H2/t12-,13-/m1/s1. The quantitative estimate of drug-likeness (QED) is 0.924. The van der Waals surface area contributed by atoms with Crippen molar-refractivity contribution in [3.63, 3.8) is 0 Å². The highest BCUT2D eigenvalue weighted by Crippen LogP contribution is 2.33. The number of rotatable bonds is 2. The summed E-state index contributed by atoms with van der Waals surface area (Å²) in [5, 5.41) is 6.66. The number of thiazole rings is 1. The van der Waals surface area contributed by atoms with Crippen molar-refractivity contribution in [3.05, 3.63) is 35.5 Å². The molecule has 0 saturated carbocycles. The van der Waals surface area contributed by atoms with Gasteiger partial charge in [-0.05, 0) is 55.6 Å². The number of nitrogens with one attached hydrogen (secondary N) is 1. The smallest absolute Gasteiger partial charge is 0.185 e. The van der Waals surface area contributed by atoms with Crippen LogP contribution >= 0.6 is 11.3 Å². The number of hydrogen-bond acceptors (Lipinski definition) is 4. The molecule has 2 aliphatic rings. The number of hydrogen-bond donors (Lipinski definition) is 1. The topological polar surface area (TPSA) is 28.2 Å². The minimum atomic E-state index is -0.204. The van der Waals surface area contributed by atoms with Crippen molar-refractivity contribution in [2.45, 2.75) is 6.42 Å². The summed E-state index contributed by atoms with van der Waals surface area (Å²) in [5.41, 5.74) is 1.93. The molecule has 110 valence electrons. The number of anilines is 1. The third-order valence-electron chi connectivity index (χ3n) is 4.61. The summed E-state index contributed by atoms with van der Waals surface area (Å²) in [7, 11) is 0. The molecule has 0 unspecified atom stereocenters. The second kappa shape index (κ2) is 5.39. The Kier molecular flexibility index (Phi) is 3.39. The molecule has 2 saturated heterocycles. The van der Waals surface area contributed by atoms with Crippen LogP contribution in [0.15, 0.2) is 29.6 Å². The Balaban J connectivity index is 1.53. The molecule has 0 aliphatic carbocycles. The van der Waals surface area contributed by atoms with Crippen LogP contribution in [0.3, 0.4) is 0 Å². The minimum Gasteiger partial charge on any atom is -0.348 e. The normalized spacial score (nSPS) is 25.1. The lowest BCUT2D eigenvalue weighted by atomic mass is 9.89. The van der Waals surface area contributed by atoms with Crippen molar-refractivity contribution in [1.82, 2.24) is 10.3 Å². The van der Waals surface area contributed by atoms with Crippen LogP contribution in [0.25, 0.3) is 11.3 Å². The molecule has 1 N–H and O–H groups in total.